The third-order valence-corrected chi connectivity index (χ3v) is 1.33. The standard InChI is InChI=1S/2C6H6.2CHNO.CH4.2ClH/c2*1-2-4-6-5-3-1;2*2-1-3;;;/h2*1-6H;2*2H;1H4;2*1H. The normalized spacial score (nSPS) is 5.33. The first-order chi connectivity index (χ1) is 8.83. The fraction of sp³-hybridized carbons (Fsp3) is 0.0667. The number of hydrogen-bond donors (Lipinski definition) is 2. The topological polar surface area (TPSA) is 81.8 Å². The molecule has 0 saturated carbocycles. The number of isocyanates is 2. The van der Waals surface area contributed by atoms with E-state index in [4.69, 9.17) is 20.4 Å². The van der Waals surface area contributed by atoms with Crippen LogP contribution in [0.15, 0.2) is 72.8 Å². The van der Waals surface area contributed by atoms with Crippen LogP contribution in [0.5, 0.6) is 0 Å². The fourth-order valence-corrected chi connectivity index (χ4v) is 0.770. The van der Waals surface area contributed by atoms with Crippen molar-refractivity contribution in [2.24, 2.45) is 0 Å². The van der Waals surface area contributed by atoms with Crippen LogP contribution in [0.4, 0.5) is 0 Å². The number of carbonyl (C=O) groups excluding carboxylic acids is 2. The Hall–Kier alpha value is -2.22. The van der Waals surface area contributed by atoms with E-state index in [9.17, 15) is 0 Å². The summed E-state index contributed by atoms with van der Waals surface area (Å²) in [5.41, 5.74) is 0. The van der Waals surface area contributed by atoms with E-state index in [1.807, 2.05) is 72.8 Å². The van der Waals surface area contributed by atoms with Crippen LogP contribution in [0, 0.1) is 10.8 Å². The molecule has 0 aliphatic carbocycles. The first kappa shape index (κ1) is 31.3. The first-order valence-electron chi connectivity index (χ1n) is 4.91. The molecule has 0 unspecified atom stereocenters. The average Bonchev–Trinajstić information content (AvgIpc) is 2.45. The predicted octanol–water partition coefficient (Wildman–Crippen LogP) is 4.65. The van der Waals surface area contributed by atoms with Crippen LogP contribution in [0.25, 0.3) is 0 Å². The maximum Gasteiger partial charge on any atom is 0.231 e. The molecule has 0 aliphatic heterocycles. The van der Waals surface area contributed by atoms with Crippen LogP contribution in [-0.4, -0.2) is 12.2 Å². The van der Waals surface area contributed by atoms with Crippen LogP contribution in [0.2, 0.25) is 0 Å². The summed E-state index contributed by atoms with van der Waals surface area (Å²) in [6.07, 6.45) is 1.50. The Morgan fingerprint density at radius 1 is 0.476 bits per heavy atom. The molecule has 116 valence electrons. The van der Waals surface area contributed by atoms with Crippen molar-refractivity contribution in [2.75, 3.05) is 0 Å². The van der Waals surface area contributed by atoms with Gasteiger partial charge in [-0.05, 0) is 0 Å². The average molecular weight is 331 g/mol. The van der Waals surface area contributed by atoms with Gasteiger partial charge in [-0.25, -0.2) is 20.4 Å². The molecule has 0 aliphatic rings. The molecular formula is C15H20Cl2N2O2. The highest BCUT2D eigenvalue weighted by Gasteiger charge is 1.58. The van der Waals surface area contributed by atoms with E-state index < -0.39 is 0 Å². The number of rotatable bonds is 0. The van der Waals surface area contributed by atoms with Gasteiger partial charge in [-0.15, -0.1) is 24.8 Å². The van der Waals surface area contributed by atoms with Gasteiger partial charge in [0.1, 0.15) is 0 Å². The van der Waals surface area contributed by atoms with Crippen LogP contribution in [0.1, 0.15) is 7.43 Å². The molecule has 0 amide bonds. The van der Waals surface area contributed by atoms with Crippen molar-refractivity contribution in [1.29, 1.82) is 10.8 Å². The zero-order chi connectivity index (χ0) is 13.9. The molecule has 2 N–H and O–H groups in total. The highest BCUT2D eigenvalue weighted by Crippen LogP contribution is 1.80. The lowest BCUT2D eigenvalue weighted by Gasteiger charge is -1.69. The van der Waals surface area contributed by atoms with E-state index in [1.54, 1.807) is 0 Å². The number of nitrogens with one attached hydrogen (secondary N) is 2. The Morgan fingerprint density at radius 2 is 0.524 bits per heavy atom. The van der Waals surface area contributed by atoms with Gasteiger partial charge < -0.3 is 0 Å². The second kappa shape index (κ2) is 36.1. The fourth-order valence-electron chi connectivity index (χ4n) is 0.770. The molecule has 4 nitrogen and oxygen atoms in total. The first-order valence-corrected chi connectivity index (χ1v) is 4.91. The van der Waals surface area contributed by atoms with Gasteiger partial charge in [0, 0.05) is 0 Å². The summed E-state index contributed by atoms with van der Waals surface area (Å²) >= 11 is 0. The molecule has 2 aromatic rings. The van der Waals surface area contributed by atoms with Gasteiger partial charge in [0.25, 0.3) is 0 Å². The molecule has 2 aromatic carbocycles. The molecule has 0 spiro atoms. The Kier molecular flexibility index (Phi) is 53.7. The summed E-state index contributed by atoms with van der Waals surface area (Å²) < 4.78 is 0. The maximum atomic E-state index is 8.35. The summed E-state index contributed by atoms with van der Waals surface area (Å²) in [6.45, 7) is 0. The summed E-state index contributed by atoms with van der Waals surface area (Å²) in [7, 11) is 0. The number of hydrogen-bond acceptors (Lipinski definition) is 4. The van der Waals surface area contributed by atoms with Gasteiger partial charge in [-0.1, -0.05) is 80.2 Å². The minimum atomic E-state index is 0. The van der Waals surface area contributed by atoms with Gasteiger partial charge in [0.2, 0.25) is 12.2 Å². The second-order valence-electron chi connectivity index (χ2n) is 2.51. The van der Waals surface area contributed by atoms with E-state index in [-0.39, 0.29) is 32.2 Å². The predicted molar refractivity (Wildman–Crippen MR) is 90.9 cm³/mol. The van der Waals surface area contributed by atoms with Crippen molar-refractivity contribution in [3.8, 4) is 0 Å². The van der Waals surface area contributed by atoms with Gasteiger partial charge in [0.05, 0.1) is 0 Å². The summed E-state index contributed by atoms with van der Waals surface area (Å²) in [6, 6.07) is 24.0. The van der Waals surface area contributed by atoms with Gasteiger partial charge in [-0.3, -0.25) is 0 Å². The highest BCUT2D eigenvalue weighted by molar-refractivity contribution is 5.85. The Bertz CT molecular complexity index is 331. The third kappa shape index (κ3) is 46.3. The van der Waals surface area contributed by atoms with Crippen molar-refractivity contribution >= 4 is 37.0 Å². The molecule has 0 radical (unpaired) electrons. The van der Waals surface area contributed by atoms with Crippen LogP contribution < -0.4 is 0 Å². The lowest BCUT2D eigenvalue weighted by atomic mass is 10.4. The molecule has 2 rings (SSSR count). The highest BCUT2D eigenvalue weighted by atomic mass is 35.5. The maximum absolute atomic E-state index is 8.35. The van der Waals surface area contributed by atoms with E-state index in [1.165, 1.54) is 0 Å². The van der Waals surface area contributed by atoms with E-state index in [0.717, 1.165) is 12.2 Å². The third-order valence-electron chi connectivity index (χ3n) is 1.33. The Labute approximate surface area is 138 Å². The van der Waals surface area contributed by atoms with Crippen molar-refractivity contribution in [3.05, 3.63) is 72.8 Å². The second-order valence-corrected chi connectivity index (χ2v) is 2.51. The SMILES string of the molecule is C.Cl.Cl.N=C=O.N=C=O.c1ccccc1.c1ccccc1. The van der Waals surface area contributed by atoms with E-state index in [0.29, 0.717) is 0 Å². The Balaban J connectivity index is -0.0000000545. The molecule has 0 saturated heterocycles. The number of halogens is 2. The summed E-state index contributed by atoms with van der Waals surface area (Å²) in [5, 5.41) is 10.8. The lowest BCUT2D eigenvalue weighted by molar-refractivity contribution is 0.562. The largest absolute Gasteiger partial charge is 0.231 e. The van der Waals surface area contributed by atoms with Gasteiger partial charge >= 0.3 is 0 Å². The van der Waals surface area contributed by atoms with Gasteiger partial charge in [-0.2, -0.15) is 0 Å². The van der Waals surface area contributed by atoms with Crippen molar-refractivity contribution in [3.63, 3.8) is 0 Å². The molecule has 0 bridgehead atoms. The van der Waals surface area contributed by atoms with Crippen molar-refractivity contribution in [1.82, 2.24) is 0 Å². The molecular weight excluding hydrogens is 311 g/mol. The smallest absolute Gasteiger partial charge is 0.222 e. The van der Waals surface area contributed by atoms with Gasteiger partial charge in [0.15, 0.2) is 0 Å². The summed E-state index contributed by atoms with van der Waals surface area (Å²) in [4.78, 5) is 16.7. The molecule has 6 heteroatoms. The van der Waals surface area contributed by atoms with E-state index >= 15 is 0 Å². The number of benzene rings is 2. The summed E-state index contributed by atoms with van der Waals surface area (Å²) in [5.74, 6) is 0. The minimum absolute atomic E-state index is 0. The van der Waals surface area contributed by atoms with Crippen LogP contribution >= 0.6 is 24.8 Å². The Morgan fingerprint density at radius 3 is 0.571 bits per heavy atom. The van der Waals surface area contributed by atoms with Crippen LogP contribution in [0.3, 0.4) is 0 Å². The van der Waals surface area contributed by atoms with Crippen LogP contribution in [-0.2, 0) is 9.59 Å². The lowest BCUT2D eigenvalue weighted by Crippen LogP contribution is -1.47. The molecule has 0 atom stereocenters. The minimum Gasteiger partial charge on any atom is -0.222 e. The molecule has 0 aromatic heterocycles. The molecule has 0 heterocycles. The molecule has 21 heavy (non-hydrogen) atoms. The quantitative estimate of drug-likeness (QED) is 0.544. The van der Waals surface area contributed by atoms with E-state index in [2.05, 4.69) is 0 Å². The van der Waals surface area contributed by atoms with Crippen molar-refractivity contribution < 1.29 is 9.59 Å². The molecule has 0 fully saturated rings. The zero-order valence-corrected chi connectivity index (χ0v) is 12.2. The monoisotopic (exact) mass is 330 g/mol. The van der Waals surface area contributed by atoms with Crippen molar-refractivity contribution in [2.45, 2.75) is 7.43 Å². The zero-order valence-electron chi connectivity index (χ0n) is 10.6.